The van der Waals surface area contributed by atoms with Gasteiger partial charge in [0.15, 0.2) is 5.76 Å². The average molecular weight is 462 g/mol. The Bertz CT molecular complexity index is 1120. The van der Waals surface area contributed by atoms with Gasteiger partial charge in [0.1, 0.15) is 11.9 Å². The van der Waals surface area contributed by atoms with Gasteiger partial charge in [-0.2, -0.15) is 10.2 Å². The van der Waals surface area contributed by atoms with Crippen molar-refractivity contribution in [3.05, 3.63) is 48.5 Å². The van der Waals surface area contributed by atoms with Gasteiger partial charge in [-0.15, -0.1) is 0 Å². The molecule has 1 amide bonds. The minimum atomic E-state index is 0.202. The molecule has 3 aromatic heterocycles. The van der Waals surface area contributed by atoms with Crippen molar-refractivity contribution >= 4 is 17.6 Å². The number of hydrogen-bond donors (Lipinski definition) is 0. The smallest absolute Gasteiger partial charge is 0.266 e. The third-order valence-corrected chi connectivity index (χ3v) is 6.35. The number of furan rings is 1. The summed E-state index contributed by atoms with van der Waals surface area (Å²) in [7, 11) is 0. The molecule has 0 unspecified atom stereocenters. The maximum absolute atomic E-state index is 12.8. The Kier molecular flexibility index (Phi) is 6.44. The Morgan fingerprint density at radius 3 is 2.47 bits per heavy atom. The van der Waals surface area contributed by atoms with Gasteiger partial charge in [-0.3, -0.25) is 9.69 Å². The molecule has 0 aromatic carbocycles. The number of amides is 1. The van der Waals surface area contributed by atoms with Crippen LogP contribution in [0.1, 0.15) is 12.1 Å². The summed E-state index contributed by atoms with van der Waals surface area (Å²) >= 11 is 0. The second-order valence-electron chi connectivity index (χ2n) is 8.40. The molecule has 0 N–H and O–H groups in total. The molecule has 176 valence electrons. The van der Waals surface area contributed by atoms with Crippen LogP contribution >= 0.6 is 0 Å². The van der Waals surface area contributed by atoms with Crippen LogP contribution in [-0.2, 0) is 4.79 Å². The maximum atomic E-state index is 12.8. The van der Waals surface area contributed by atoms with Crippen molar-refractivity contribution in [1.29, 1.82) is 5.26 Å². The van der Waals surface area contributed by atoms with Gasteiger partial charge in [-0.05, 0) is 24.3 Å². The van der Waals surface area contributed by atoms with Crippen molar-refractivity contribution in [3.8, 4) is 17.7 Å². The second kappa shape index (κ2) is 9.97. The highest BCUT2D eigenvalue weighted by Crippen LogP contribution is 2.29. The van der Waals surface area contributed by atoms with E-state index < -0.39 is 0 Å². The van der Waals surface area contributed by atoms with E-state index in [1.54, 1.807) is 24.6 Å². The van der Waals surface area contributed by atoms with Crippen LogP contribution in [0.2, 0.25) is 0 Å². The molecular weight excluding hydrogens is 434 g/mol. The normalized spacial score (nSPS) is 17.1. The molecule has 10 nitrogen and oxygen atoms in total. The number of nitrogens with zero attached hydrogens (tertiary/aromatic N) is 7. The fourth-order valence-corrected chi connectivity index (χ4v) is 4.42. The summed E-state index contributed by atoms with van der Waals surface area (Å²) in [5.74, 6) is 2.46. The molecule has 0 aliphatic carbocycles. The molecule has 10 heteroatoms. The summed E-state index contributed by atoms with van der Waals surface area (Å²) in [6.07, 6.45) is 3.86. The predicted molar refractivity (Wildman–Crippen MR) is 125 cm³/mol. The Labute approximate surface area is 198 Å². The highest BCUT2D eigenvalue weighted by molar-refractivity contribution is 5.76. The zero-order valence-corrected chi connectivity index (χ0v) is 19.0. The zero-order chi connectivity index (χ0) is 23.3. The van der Waals surface area contributed by atoms with E-state index >= 15 is 0 Å². The first-order valence-electron chi connectivity index (χ1n) is 11.6. The van der Waals surface area contributed by atoms with Crippen LogP contribution in [0, 0.1) is 11.3 Å². The minimum Gasteiger partial charge on any atom is -0.459 e. The van der Waals surface area contributed by atoms with E-state index in [0.29, 0.717) is 37.0 Å². The molecule has 0 atom stereocenters. The van der Waals surface area contributed by atoms with Crippen LogP contribution in [0.3, 0.4) is 0 Å². The summed E-state index contributed by atoms with van der Waals surface area (Å²) in [5, 5.41) is 9.47. The van der Waals surface area contributed by atoms with Crippen molar-refractivity contribution in [2.75, 3.05) is 68.7 Å². The Balaban J connectivity index is 1.08. The molecule has 2 aliphatic rings. The van der Waals surface area contributed by atoms with Crippen LogP contribution in [0.4, 0.5) is 11.7 Å². The number of anilines is 2. The number of oxazole rings is 1. The quantitative estimate of drug-likeness (QED) is 0.545. The van der Waals surface area contributed by atoms with E-state index in [9.17, 15) is 10.1 Å². The van der Waals surface area contributed by atoms with Gasteiger partial charge < -0.3 is 23.5 Å². The average Bonchev–Trinajstić information content (AvgIpc) is 3.58. The van der Waals surface area contributed by atoms with Crippen LogP contribution in [0.5, 0.6) is 0 Å². The molecule has 2 fully saturated rings. The lowest BCUT2D eigenvalue weighted by molar-refractivity contribution is -0.131. The molecule has 0 spiro atoms. The molecule has 0 radical (unpaired) electrons. The number of rotatable bonds is 6. The molecule has 34 heavy (non-hydrogen) atoms. The molecule has 3 aromatic rings. The fraction of sp³-hybridized carbons (Fsp3) is 0.417. The van der Waals surface area contributed by atoms with Crippen LogP contribution in [0.25, 0.3) is 11.7 Å². The lowest BCUT2D eigenvalue weighted by Gasteiger charge is -2.37. The van der Waals surface area contributed by atoms with Crippen molar-refractivity contribution < 1.29 is 13.6 Å². The third-order valence-electron chi connectivity index (χ3n) is 6.35. The first-order valence-corrected chi connectivity index (χ1v) is 11.6. The highest BCUT2D eigenvalue weighted by Gasteiger charge is 2.26. The summed E-state index contributed by atoms with van der Waals surface area (Å²) in [6, 6.07) is 11.5. The Morgan fingerprint density at radius 2 is 1.79 bits per heavy atom. The van der Waals surface area contributed by atoms with Crippen molar-refractivity contribution in [2.45, 2.75) is 6.42 Å². The first-order chi connectivity index (χ1) is 16.7. The van der Waals surface area contributed by atoms with Gasteiger partial charge in [0.25, 0.3) is 5.89 Å². The minimum absolute atomic E-state index is 0.202. The number of piperazine rings is 2. The number of hydrogen-bond acceptors (Lipinski definition) is 9. The summed E-state index contributed by atoms with van der Waals surface area (Å²) in [4.78, 5) is 29.9. The third kappa shape index (κ3) is 4.75. The van der Waals surface area contributed by atoms with Gasteiger partial charge >= 0.3 is 0 Å². The predicted octanol–water partition coefficient (Wildman–Crippen LogP) is 2.06. The molecule has 0 bridgehead atoms. The lowest BCUT2D eigenvalue weighted by Crippen LogP contribution is -2.50. The molecule has 2 aliphatic heterocycles. The monoisotopic (exact) mass is 461 g/mol. The van der Waals surface area contributed by atoms with E-state index in [2.05, 4.69) is 25.8 Å². The maximum Gasteiger partial charge on any atom is 0.266 e. The zero-order valence-electron chi connectivity index (χ0n) is 19.0. The number of pyridine rings is 1. The topological polar surface area (TPSA) is 106 Å². The molecule has 5 rings (SSSR count). The van der Waals surface area contributed by atoms with Gasteiger partial charge in [0.2, 0.25) is 17.5 Å². The highest BCUT2D eigenvalue weighted by atomic mass is 16.4. The van der Waals surface area contributed by atoms with Gasteiger partial charge in [0, 0.05) is 71.5 Å². The van der Waals surface area contributed by atoms with Gasteiger partial charge in [0.05, 0.1) is 6.26 Å². The standard InChI is InChI=1S/C24H27N7O3/c25-18-19-24(34-23(27-19)20-4-3-17-33-20)31-11-9-28(10-12-31)8-6-22(32)30-15-13-29(14-16-30)21-5-1-2-7-26-21/h1-5,7,17H,6,8-16H2. The van der Waals surface area contributed by atoms with Gasteiger partial charge in [-0.25, -0.2) is 4.98 Å². The summed E-state index contributed by atoms with van der Waals surface area (Å²) in [6.45, 7) is 6.79. The van der Waals surface area contributed by atoms with Crippen molar-refractivity contribution in [3.63, 3.8) is 0 Å². The SMILES string of the molecule is N#Cc1nc(-c2ccco2)oc1N1CCN(CCC(=O)N2CCN(c3ccccn3)CC2)CC1. The fourth-order valence-electron chi connectivity index (χ4n) is 4.42. The second-order valence-corrected chi connectivity index (χ2v) is 8.40. The molecular formula is C24H27N7O3. The number of aromatic nitrogens is 2. The number of nitriles is 1. The summed E-state index contributed by atoms with van der Waals surface area (Å²) < 4.78 is 11.2. The molecule has 2 saturated heterocycles. The van der Waals surface area contributed by atoms with Gasteiger partial charge in [-0.1, -0.05) is 6.07 Å². The van der Waals surface area contributed by atoms with Crippen molar-refractivity contribution in [2.24, 2.45) is 0 Å². The van der Waals surface area contributed by atoms with Crippen LogP contribution < -0.4 is 9.80 Å². The van der Waals surface area contributed by atoms with E-state index in [4.69, 9.17) is 8.83 Å². The first kappa shape index (κ1) is 22.0. The van der Waals surface area contributed by atoms with E-state index in [-0.39, 0.29) is 11.6 Å². The van der Waals surface area contributed by atoms with Crippen LogP contribution in [-0.4, -0.2) is 84.6 Å². The Hall–Kier alpha value is -3.84. The lowest BCUT2D eigenvalue weighted by atomic mass is 10.2. The van der Waals surface area contributed by atoms with Crippen LogP contribution in [0.15, 0.2) is 51.6 Å². The summed E-state index contributed by atoms with van der Waals surface area (Å²) in [5.41, 5.74) is 0.264. The molecule has 5 heterocycles. The van der Waals surface area contributed by atoms with E-state index in [1.807, 2.05) is 28.0 Å². The largest absolute Gasteiger partial charge is 0.459 e. The number of carbonyl (C=O) groups excluding carboxylic acids is 1. The number of carbonyl (C=O) groups is 1. The van der Waals surface area contributed by atoms with E-state index in [0.717, 1.165) is 51.6 Å². The Morgan fingerprint density at radius 1 is 1.00 bits per heavy atom. The van der Waals surface area contributed by atoms with Crippen molar-refractivity contribution in [1.82, 2.24) is 19.8 Å². The van der Waals surface area contributed by atoms with E-state index in [1.165, 1.54) is 0 Å². The molecule has 0 saturated carbocycles.